The van der Waals surface area contributed by atoms with Gasteiger partial charge in [0.05, 0.1) is 0 Å². The number of fused-ring (bicyclic) bond motifs is 1. The second kappa shape index (κ2) is 16.8. The van der Waals surface area contributed by atoms with Crippen LogP contribution in [0.2, 0.25) is 0 Å². The van der Waals surface area contributed by atoms with Gasteiger partial charge >= 0.3 is 0 Å². The third-order valence-electron chi connectivity index (χ3n) is 10.0. The van der Waals surface area contributed by atoms with Crippen molar-refractivity contribution in [3.63, 3.8) is 0 Å². The lowest BCUT2D eigenvalue weighted by atomic mass is 9.84. The number of carbonyl (C=O) groups is 2. The molecular weight excluding hydrogens is 635 g/mol. The highest BCUT2D eigenvalue weighted by molar-refractivity contribution is 6.14. The number of carbonyl (C=O) groups excluding carboxylic acids is 2. The fourth-order valence-electron chi connectivity index (χ4n) is 7.16. The Bertz CT molecular complexity index is 2300. The number of aldehydes is 1. The number of allylic oxidation sites excluding steroid dienone is 9. The van der Waals surface area contributed by atoms with E-state index in [0.29, 0.717) is 23.0 Å². The molecule has 4 aromatic carbocycles. The molecule has 4 aromatic rings. The summed E-state index contributed by atoms with van der Waals surface area (Å²) in [4.78, 5) is 25.2. The fourth-order valence-corrected chi connectivity index (χ4v) is 7.16. The van der Waals surface area contributed by atoms with Crippen molar-refractivity contribution < 1.29 is 9.59 Å². The maximum absolute atomic E-state index is 13.4. The molecule has 0 amide bonds. The molecule has 258 valence electrons. The summed E-state index contributed by atoms with van der Waals surface area (Å²) in [5.41, 5.74) is 16.3. The van der Waals surface area contributed by atoms with E-state index < -0.39 is 0 Å². The predicted molar refractivity (Wildman–Crippen MR) is 222 cm³/mol. The molecule has 0 aliphatic heterocycles. The number of Topliss-reactive ketones (excluding diaryl/α,β-unsaturated/α-hetero) is 1. The first-order chi connectivity index (χ1) is 25.4. The molecule has 2 N–H and O–H groups in total. The van der Waals surface area contributed by atoms with Crippen LogP contribution in [0.3, 0.4) is 0 Å². The Hall–Kier alpha value is -6.06. The predicted octanol–water partition coefficient (Wildman–Crippen LogP) is 10.6. The number of nitrogens with two attached hydrogens (primary N) is 1. The Morgan fingerprint density at radius 1 is 0.731 bits per heavy atom. The van der Waals surface area contributed by atoms with Crippen molar-refractivity contribution in [2.24, 2.45) is 0 Å². The van der Waals surface area contributed by atoms with E-state index in [0.717, 1.165) is 49.9 Å². The average molecular weight is 680 g/mol. The van der Waals surface area contributed by atoms with Crippen molar-refractivity contribution >= 4 is 59.3 Å². The molecule has 0 aromatic heterocycles. The highest BCUT2D eigenvalue weighted by atomic mass is 16.1. The number of rotatable bonds is 7. The third-order valence-corrected chi connectivity index (χ3v) is 10.0. The van der Waals surface area contributed by atoms with Crippen molar-refractivity contribution in [3.05, 3.63) is 189 Å². The molecule has 0 unspecified atom stereocenters. The summed E-state index contributed by atoms with van der Waals surface area (Å²) in [5.74, 6) is 0.603. The Morgan fingerprint density at radius 2 is 1.44 bits per heavy atom. The van der Waals surface area contributed by atoms with Crippen molar-refractivity contribution in [1.82, 2.24) is 0 Å². The first kappa shape index (κ1) is 35.8. The van der Waals surface area contributed by atoms with E-state index in [1.165, 1.54) is 48.8 Å². The summed E-state index contributed by atoms with van der Waals surface area (Å²) in [6.07, 6.45) is 29.7. The lowest BCUT2D eigenvalue weighted by Crippen LogP contribution is -2.24. The molecule has 0 atom stereocenters. The standard InChI is InChI=1S/C37H28O2.C12H17N/c1-4-27-21-33(24-38)36(23-28(27)5-2)37(39)25(3)19-26-15-16-31-22-32-12-8-6-7-11-29(17-18-30(31)20-26)34-13-9-10-14-35(32)34;13-12-8-6-11(7-9-12)10-4-2-1-3-5-10/h4-24H,1-2H2,3H3;6-10H,1-5,13H2/b7-6?,8-6-,11-7-,12-8?,18-17?,25-19-,29-11?,29-17+,30-18-,31-22-,32-12+,32-22?;. The molecule has 3 heteroatoms. The van der Waals surface area contributed by atoms with Gasteiger partial charge in [-0.1, -0.05) is 136 Å². The molecule has 0 saturated heterocycles. The molecule has 3 nitrogen and oxygen atoms in total. The van der Waals surface area contributed by atoms with Gasteiger partial charge < -0.3 is 5.73 Å². The second-order valence-electron chi connectivity index (χ2n) is 13.5. The smallest absolute Gasteiger partial charge is 0.189 e. The van der Waals surface area contributed by atoms with E-state index in [9.17, 15) is 9.59 Å². The molecule has 7 rings (SSSR count). The Morgan fingerprint density at radius 3 is 2.15 bits per heavy atom. The number of ketones is 1. The minimum absolute atomic E-state index is 0.197. The molecule has 1 fully saturated rings. The van der Waals surface area contributed by atoms with Crippen LogP contribution in [-0.4, -0.2) is 12.1 Å². The topological polar surface area (TPSA) is 60.2 Å². The summed E-state index contributed by atoms with van der Waals surface area (Å²) >= 11 is 0. The van der Waals surface area contributed by atoms with Crippen LogP contribution < -0.4 is 16.2 Å². The third kappa shape index (κ3) is 8.28. The van der Waals surface area contributed by atoms with E-state index in [1.807, 2.05) is 30.4 Å². The van der Waals surface area contributed by atoms with Crippen molar-refractivity contribution in [1.29, 1.82) is 0 Å². The summed E-state index contributed by atoms with van der Waals surface area (Å²) in [6.45, 7) is 9.40. The van der Waals surface area contributed by atoms with Gasteiger partial charge in [0.15, 0.2) is 12.1 Å². The molecule has 0 spiro atoms. The Balaban J connectivity index is 0.000000299. The van der Waals surface area contributed by atoms with Gasteiger partial charge in [-0.3, -0.25) is 9.59 Å². The fraction of sp³-hybridized carbons (Fsp3) is 0.143. The number of benzene rings is 4. The van der Waals surface area contributed by atoms with E-state index in [-0.39, 0.29) is 5.78 Å². The highest BCUT2D eigenvalue weighted by Crippen LogP contribution is 2.33. The lowest BCUT2D eigenvalue weighted by Gasteiger charge is -2.21. The summed E-state index contributed by atoms with van der Waals surface area (Å²) in [5, 5.41) is 2.14. The van der Waals surface area contributed by atoms with E-state index in [1.54, 1.807) is 31.2 Å². The number of hydrogen-bond acceptors (Lipinski definition) is 3. The van der Waals surface area contributed by atoms with Crippen molar-refractivity contribution in [2.45, 2.75) is 44.9 Å². The van der Waals surface area contributed by atoms with Gasteiger partial charge in [-0.2, -0.15) is 0 Å². The molecule has 0 heterocycles. The summed E-state index contributed by atoms with van der Waals surface area (Å²) in [6, 6.07) is 26.4. The second-order valence-corrected chi connectivity index (χ2v) is 13.5. The van der Waals surface area contributed by atoms with Crippen LogP contribution in [0.15, 0.2) is 134 Å². The van der Waals surface area contributed by atoms with E-state index in [4.69, 9.17) is 5.73 Å². The van der Waals surface area contributed by atoms with Crippen molar-refractivity contribution in [2.75, 3.05) is 5.73 Å². The van der Waals surface area contributed by atoms with Crippen LogP contribution in [0, 0.1) is 0 Å². The molecule has 3 aliphatic rings. The van der Waals surface area contributed by atoms with E-state index in [2.05, 4.69) is 104 Å². The zero-order chi connectivity index (χ0) is 36.5. The maximum Gasteiger partial charge on any atom is 0.189 e. The van der Waals surface area contributed by atoms with Gasteiger partial charge in [-0.05, 0) is 129 Å². The minimum atomic E-state index is -0.197. The van der Waals surface area contributed by atoms with Crippen LogP contribution in [0.1, 0.15) is 99.0 Å². The Labute approximate surface area is 307 Å². The Kier molecular flexibility index (Phi) is 11.5. The number of anilines is 1. The van der Waals surface area contributed by atoms with Crippen LogP contribution in [0.5, 0.6) is 0 Å². The molecule has 52 heavy (non-hydrogen) atoms. The summed E-state index contributed by atoms with van der Waals surface area (Å²) < 4.78 is 0. The van der Waals surface area contributed by atoms with Crippen molar-refractivity contribution in [3.8, 4) is 0 Å². The minimum Gasteiger partial charge on any atom is -0.399 e. The SMILES string of the molecule is C=Cc1cc(C=O)c(C(=O)/C(C)=C\c2ccc3/c(c2)=C\C=C2/C=C\C=C/C=C(\C=3)c3ccccc32)cc1C=C.Nc1ccc(C2CCCCC2)cc1. The molecular formula is C49H45NO2. The van der Waals surface area contributed by atoms with Crippen LogP contribution in [0.25, 0.3) is 41.5 Å². The van der Waals surface area contributed by atoms with Crippen LogP contribution in [-0.2, 0) is 0 Å². The average Bonchev–Trinajstić information content (AvgIpc) is 3.30. The van der Waals surface area contributed by atoms with E-state index >= 15 is 0 Å². The van der Waals surface area contributed by atoms with Gasteiger partial charge in [0.2, 0.25) is 0 Å². The van der Waals surface area contributed by atoms with Gasteiger partial charge in [-0.25, -0.2) is 0 Å². The molecule has 3 aliphatic carbocycles. The molecule has 0 radical (unpaired) electrons. The van der Waals surface area contributed by atoms with Gasteiger partial charge in [0.25, 0.3) is 0 Å². The number of nitrogen functional groups attached to an aromatic ring is 1. The lowest BCUT2D eigenvalue weighted by molar-refractivity contribution is 0.102. The monoisotopic (exact) mass is 679 g/mol. The molecule has 1 saturated carbocycles. The summed E-state index contributed by atoms with van der Waals surface area (Å²) in [7, 11) is 0. The zero-order valence-corrected chi connectivity index (χ0v) is 29.9. The number of hydrogen-bond donors (Lipinski definition) is 1. The largest absolute Gasteiger partial charge is 0.399 e. The van der Waals surface area contributed by atoms with Gasteiger partial charge in [0.1, 0.15) is 0 Å². The first-order valence-corrected chi connectivity index (χ1v) is 18.0. The maximum atomic E-state index is 13.4. The first-order valence-electron chi connectivity index (χ1n) is 18.0. The van der Waals surface area contributed by atoms with Crippen LogP contribution in [0.4, 0.5) is 5.69 Å². The van der Waals surface area contributed by atoms with Gasteiger partial charge in [0, 0.05) is 16.8 Å². The normalized spacial score (nSPS) is 19.6. The van der Waals surface area contributed by atoms with Crippen LogP contribution >= 0.6 is 0 Å². The van der Waals surface area contributed by atoms with Gasteiger partial charge in [-0.15, -0.1) is 0 Å². The zero-order valence-electron chi connectivity index (χ0n) is 29.9. The highest BCUT2D eigenvalue weighted by Gasteiger charge is 2.17. The molecule has 2 bridgehead atoms. The quantitative estimate of drug-likeness (QED) is 0.0915.